The highest BCUT2D eigenvalue weighted by Gasteiger charge is 2.37. The maximum Gasteiger partial charge on any atom is 0.260 e. The van der Waals surface area contributed by atoms with Crippen molar-refractivity contribution in [2.75, 3.05) is 17.7 Å². The zero-order chi connectivity index (χ0) is 24.6. The second-order valence-corrected chi connectivity index (χ2v) is 9.15. The number of fused-ring (bicyclic) bond motifs is 1. The van der Waals surface area contributed by atoms with E-state index >= 15 is 0 Å². The van der Waals surface area contributed by atoms with Crippen LogP contribution < -0.4 is 15.4 Å². The molecule has 0 unspecified atom stereocenters. The highest BCUT2D eigenvalue weighted by atomic mass is 35.5. The zero-order valence-corrected chi connectivity index (χ0v) is 20.7. The minimum absolute atomic E-state index is 0.0112. The highest BCUT2D eigenvalue weighted by molar-refractivity contribution is 6.41. The lowest BCUT2D eigenvalue weighted by Gasteiger charge is -2.19. The van der Waals surface area contributed by atoms with Gasteiger partial charge in [0.1, 0.15) is 16.7 Å². The molecule has 0 spiro atoms. The highest BCUT2D eigenvalue weighted by Crippen LogP contribution is 2.41. The van der Waals surface area contributed by atoms with Crippen LogP contribution in [0.1, 0.15) is 54.2 Å². The second kappa shape index (κ2) is 9.42. The first-order chi connectivity index (χ1) is 16.2. The van der Waals surface area contributed by atoms with Crippen LogP contribution >= 0.6 is 11.6 Å². The molecule has 0 bridgehead atoms. The maximum atomic E-state index is 13.6. The van der Waals surface area contributed by atoms with Gasteiger partial charge in [-0.25, -0.2) is 9.97 Å². The molecule has 3 aromatic rings. The summed E-state index contributed by atoms with van der Waals surface area (Å²) in [6, 6.07) is 0. The summed E-state index contributed by atoms with van der Waals surface area (Å²) in [6.07, 6.45) is 7.12. The Bertz CT molecular complexity index is 1280. The SMILES string of the molecule is COc1c(C)cnc(CN2C(=O)/C(=C\c3ncc(CCC(C)C)[nH]3)c3c(Cl)nc(N)nc32)c1C. The molecule has 3 aromatic heterocycles. The molecule has 0 fully saturated rings. The first kappa shape index (κ1) is 23.7. The Morgan fingerprint density at radius 3 is 2.71 bits per heavy atom. The summed E-state index contributed by atoms with van der Waals surface area (Å²) in [4.78, 5) is 35.7. The van der Waals surface area contributed by atoms with Gasteiger partial charge < -0.3 is 15.5 Å². The smallest absolute Gasteiger partial charge is 0.260 e. The quantitative estimate of drug-likeness (QED) is 0.384. The van der Waals surface area contributed by atoms with E-state index in [9.17, 15) is 4.79 Å². The first-order valence-electron chi connectivity index (χ1n) is 11.1. The molecule has 9 nitrogen and oxygen atoms in total. The summed E-state index contributed by atoms with van der Waals surface area (Å²) in [5.41, 5.74) is 10.1. The largest absolute Gasteiger partial charge is 0.496 e. The van der Waals surface area contributed by atoms with Crippen LogP contribution in [0.4, 0.5) is 11.8 Å². The molecule has 0 aliphatic carbocycles. The van der Waals surface area contributed by atoms with Gasteiger partial charge in [-0.2, -0.15) is 4.98 Å². The number of nitrogens with two attached hydrogens (primary N) is 1. The molecular weight excluding hydrogens is 454 g/mol. The van der Waals surface area contributed by atoms with Gasteiger partial charge in [0.05, 0.1) is 30.5 Å². The molecule has 1 amide bonds. The molecule has 1 aliphatic rings. The number of carbonyl (C=O) groups is 1. The van der Waals surface area contributed by atoms with Gasteiger partial charge in [-0.1, -0.05) is 25.4 Å². The van der Waals surface area contributed by atoms with Crippen LogP contribution in [0.2, 0.25) is 5.15 Å². The van der Waals surface area contributed by atoms with E-state index in [2.05, 4.69) is 38.8 Å². The molecular formula is C24H28ClN7O2. The number of rotatable bonds is 7. The van der Waals surface area contributed by atoms with Crippen molar-refractivity contribution in [3.05, 3.63) is 51.4 Å². The Hall–Kier alpha value is -3.46. The van der Waals surface area contributed by atoms with Crippen molar-refractivity contribution in [2.24, 2.45) is 5.92 Å². The Kier molecular flexibility index (Phi) is 6.56. The average molecular weight is 482 g/mol. The van der Waals surface area contributed by atoms with Crippen LogP contribution in [0, 0.1) is 19.8 Å². The molecule has 0 saturated heterocycles. The number of carbonyl (C=O) groups excluding carboxylic acids is 1. The summed E-state index contributed by atoms with van der Waals surface area (Å²) < 4.78 is 5.52. The lowest BCUT2D eigenvalue weighted by atomic mass is 10.1. The third kappa shape index (κ3) is 4.48. The Morgan fingerprint density at radius 1 is 1.24 bits per heavy atom. The van der Waals surface area contributed by atoms with E-state index < -0.39 is 0 Å². The van der Waals surface area contributed by atoms with E-state index in [-0.39, 0.29) is 23.6 Å². The minimum atomic E-state index is -0.280. The third-order valence-electron chi connectivity index (χ3n) is 5.84. The van der Waals surface area contributed by atoms with Crippen LogP contribution in [-0.2, 0) is 17.8 Å². The lowest BCUT2D eigenvalue weighted by molar-refractivity contribution is -0.113. The van der Waals surface area contributed by atoms with E-state index in [4.69, 9.17) is 22.1 Å². The zero-order valence-electron chi connectivity index (χ0n) is 19.9. The number of H-pyrrole nitrogens is 1. The number of nitrogens with one attached hydrogen (secondary N) is 1. The minimum Gasteiger partial charge on any atom is -0.496 e. The fourth-order valence-electron chi connectivity index (χ4n) is 4.03. The molecule has 0 atom stereocenters. The summed E-state index contributed by atoms with van der Waals surface area (Å²) >= 11 is 6.44. The number of nitrogens with zero attached hydrogens (tertiary/aromatic N) is 5. The van der Waals surface area contributed by atoms with Crippen LogP contribution in [0.25, 0.3) is 11.6 Å². The molecule has 0 saturated carbocycles. The van der Waals surface area contributed by atoms with Crippen LogP contribution in [0.15, 0.2) is 12.4 Å². The number of anilines is 2. The van der Waals surface area contributed by atoms with E-state index in [1.54, 1.807) is 25.6 Å². The van der Waals surface area contributed by atoms with Crippen molar-refractivity contribution < 1.29 is 9.53 Å². The van der Waals surface area contributed by atoms with Gasteiger partial charge >= 0.3 is 0 Å². The summed E-state index contributed by atoms with van der Waals surface area (Å²) in [6.45, 7) is 8.36. The van der Waals surface area contributed by atoms with Gasteiger partial charge in [0.2, 0.25) is 5.95 Å². The molecule has 10 heteroatoms. The van der Waals surface area contributed by atoms with E-state index in [1.807, 2.05) is 13.8 Å². The third-order valence-corrected chi connectivity index (χ3v) is 6.11. The van der Waals surface area contributed by atoms with E-state index in [0.29, 0.717) is 34.4 Å². The number of hydrogen-bond donors (Lipinski definition) is 2. The predicted octanol–water partition coefficient (Wildman–Crippen LogP) is 4.13. The Balaban J connectivity index is 1.73. The summed E-state index contributed by atoms with van der Waals surface area (Å²) in [5.74, 6) is 1.94. The number of aromatic amines is 1. The van der Waals surface area contributed by atoms with Gasteiger partial charge in [0.15, 0.2) is 5.82 Å². The maximum absolute atomic E-state index is 13.6. The van der Waals surface area contributed by atoms with Crippen molar-refractivity contribution in [3.63, 3.8) is 0 Å². The Labute approximate surface area is 203 Å². The molecule has 0 aromatic carbocycles. The molecule has 4 rings (SSSR count). The lowest BCUT2D eigenvalue weighted by Crippen LogP contribution is -2.27. The number of methoxy groups -OCH3 is 1. The topological polar surface area (TPSA) is 123 Å². The van der Waals surface area contributed by atoms with Crippen LogP contribution in [0.3, 0.4) is 0 Å². The fourth-order valence-corrected chi connectivity index (χ4v) is 4.31. The summed E-state index contributed by atoms with van der Waals surface area (Å²) in [5, 5.41) is 0.113. The molecule has 1 aliphatic heterocycles. The fraction of sp³-hybridized carbons (Fsp3) is 0.375. The number of pyridine rings is 1. The van der Waals surface area contributed by atoms with Crippen LogP contribution in [-0.4, -0.2) is 37.9 Å². The van der Waals surface area contributed by atoms with Gasteiger partial charge in [-0.15, -0.1) is 0 Å². The Morgan fingerprint density at radius 2 is 2.00 bits per heavy atom. The summed E-state index contributed by atoms with van der Waals surface area (Å²) in [7, 11) is 1.61. The van der Waals surface area contributed by atoms with E-state index in [0.717, 1.165) is 35.4 Å². The average Bonchev–Trinajstić information content (AvgIpc) is 3.32. The molecule has 0 radical (unpaired) electrons. The molecule has 34 heavy (non-hydrogen) atoms. The second-order valence-electron chi connectivity index (χ2n) is 8.79. The van der Waals surface area contributed by atoms with Crippen LogP contribution in [0.5, 0.6) is 5.75 Å². The van der Waals surface area contributed by atoms with Gasteiger partial charge in [0, 0.05) is 29.2 Å². The van der Waals surface area contributed by atoms with E-state index in [1.165, 1.54) is 4.90 Å². The number of aromatic nitrogens is 5. The normalized spacial score (nSPS) is 14.4. The van der Waals surface area contributed by atoms with Crippen molar-refractivity contribution in [3.8, 4) is 5.75 Å². The number of hydrogen-bond acceptors (Lipinski definition) is 7. The van der Waals surface area contributed by atoms with Gasteiger partial charge in [0.25, 0.3) is 5.91 Å². The molecule has 4 heterocycles. The number of imidazole rings is 1. The first-order valence-corrected chi connectivity index (χ1v) is 11.5. The number of aryl methyl sites for hydroxylation is 2. The van der Waals surface area contributed by atoms with Crippen molar-refractivity contribution in [2.45, 2.75) is 47.1 Å². The standard InChI is InChI=1S/C24H28ClN7O2/c1-12(2)6-7-15-10-28-18(29-15)8-16-19-21(25)30-24(26)31-22(19)32(23(16)33)11-17-14(4)20(34-5)13(3)9-27-17/h8-10,12H,6-7,11H2,1-5H3,(H,28,29)(H2,26,30,31)/b16-8-. The molecule has 178 valence electrons. The number of nitrogen functional groups attached to an aromatic ring is 1. The number of halogens is 1. The van der Waals surface area contributed by atoms with Crippen molar-refractivity contribution in [1.82, 2.24) is 24.9 Å². The van der Waals surface area contributed by atoms with Gasteiger partial charge in [-0.3, -0.25) is 14.7 Å². The predicted molar refractivity (Wildman–Crippen MR) is 133 cm³/mol. The number of amides is 1. The van der Waals surface area contributed by atoms with Crippen molar-refractivity contribution in [1.29, 1.82) is 0 Å². The molecule has 3 N–H and O–H groups in total. The monoisotopic (exact) mass is 481 g/mol. The van der Waals surface area contributed by atoms with Gasteiger partial charge in [-0.05, 0) is 38.7 Å². The van der Waals surface area contributed by atoms with Crippen molar-refractivity contribution >= 4 is 40.9 Å². The number of ether oxygens (including phenoxy) is 1.